The molecule has 1 N–H and O–H groups in total. The van der Waals surface area contributed by atoms with E-state index < -0.39 is 5.41 Å². The Morgan fingerprint density at radius 3 is 2.57 bits per heavy atom. The van der Waals surface area contributed by atoms with Crippen LogP contribution in [0.4, 0.5) is 10.1 Å². The molecular weight excluding hydrogens is 465 g/mol. The summed E-state index contributed by atoms with van der Waals surface area (Å²) in [6.45, 7) is 5.69. The van der Waals surface area contributed by atoms with Crippen LogP contribution in [0.1, 0.15) is 50.3 Å². The number of hydrogen-bond acceptors (Lipinski definition) is 5. The fourth-order valence-corrected chi connectivity index (χ4v) is 5.51. The van der Waals surface area contributed by atoms with Crippen molar-refractivity contribution in [1.29, 1.82) is 5.26 Å². The van der Waals surface area contributed by atoms with Gasteiger partial charge in [0.2, 0.25) is 0 Å². The highest BCUT2D eigenvalue weighted by Gasteiger charge is 2.40. The molecule has 1 saturated heterocycles. The minimum Gasteiger partial charge on any atom is -0.379 e. The van der Waals surface area contributed by atoms with Crippen molar-refractivity contribution in [3.05, 3.63) is 84.2 Å². The van der Waals surface area contributed by atoms with E-state index in [0.717, 1.165) is 86.7 Å². The minimum atomic E-state index is -0.518. The molecule has 0 amide bonds. The van der Waals surface area contributed by atoms with Crippen LogP contribution in [0.15, 0.2) is 67.1 Å². The van der Waals surface area contributed by atoms with Crippen LogP contribution in [0.5, 0.6) is 0 Å². The summed E-state index contributed by atoms with van der Waals surface area (Å²) >= 11 is 0. The Hall–Kier alpha value is -3.47. The van der Waals surface area contributed by atoms with Crippen LogP contribution in [0.3, 0.4) is 0 Å². The second-order valence-corrected chi connectivity index (χ2v) is 9.94. The second kappa shape index (κ2) is 11.3. The van der Waals surface area contributed by atoms with E-state index in [2.05, 4.69) is 29.3 Å². The maximum Gasteiger partial charge on any atom is 0.123 e. The van der Waals surface area contributed by atoms with E-state index in [4.69, 9.17) is 9.72 Å². The van der Waals surface area contributed by atoms with Crippen molar-refractivity contribution in [2.75, 3.05) is 31.6 Å². The first-order valence-corrected chi connectivity index (χ1v) is 13.2. The number of nitrogens with one attached hydrogen (secondary N) is 1. The summed E-state index contributed by atoms with van der Waals surface area (Å²) < 4.78 is 20.8. The number of ether oxygens (including phenoxy) is 1. The van der Waals surface area contributed by atoms with Gasteiger partial charge in [0.05, 0.1) is 42.3 Å². The average Bonchev–Trinajstić information content (AvgIpc) is 3.44. The number of allylic oxidation sites excluding steroid dienone is 1. The molecule has 7 heteroatoms. The Morgan fingerprint density at radius 2 is 1.92 bits per heavy atom. The van der Waals surface area contributed by atoms with Crippen LogP contribution >= 0.6 is 0 Å². The topological polar surface area (TPSA) is 66.1 Å². The molecule has 2 fully saturated rings. The zero-order valence-corrected chi connectivity index (χ0v) is 21.4. The molecule has 5 rings (SSSR count). The highest BCUT2D eigenvalue weighted by Crippen LogP contribution is 2.40. The molecule has 0 unspecified atom stereocenters. The zero-order chi connectivity index (χ0) is 25.7. The quantitative estimate of drug-likeness (QED) is 0.438. The van der Waals surface area contributed by atoms with E-state index in [-0.39, 0.29) is 5.82 Å². The Balaban J connectivity index is 1.27. The van der Waals surface area contributed by atoms with Gasteiger partial charge >= 0.3 is 0 Å². The number of rotatable bonds is 7. The molecule has 37 heavy (non-hydrogen) atoms. The van der Waals surface area contributed by atoms with Gasteiger partial charge in [-0.3, -0.25) is 9.88 Å². The van der Waals surface area contributed by atoms with Crippen LogP contribution in [-0.2, 0) is 10.2 Å². The summed E-state index contributed by atoms with van der Waals surface area (Å²) in [5.41, 5.74) is 4.15. The van der Waals surface area contributed by atoms with E-state index in [0.29, 0.717) is 6.04 Å². The van der Waals surface area contributed by atoms with E-state index in [1.807, 2.05) is 41.4 Å². The third kappa shape index (κ3) is 5.61. The summed E-state index contributed by atoms with van der Waals surface area (Å²) in [4.78, 5) is 7.29. The summed E-state index contributed by atoms with van der Waals surface area (Å²) in [6.07, 6.45) is 12.6. The number of pyridine rings is 1. The van der Waals surface area contributed by atoms with E-state index in [1.54, 1.807) is 12.1 Å². The summed E-state index contributed by atoms with van der Waals surface area (Å²) in [6, 6.07) is 15.7. The van der Waals surface area contributed by atoms with Crippen molar-refractivity contribution in [1.82, 2.24) is 14.5 Å². The zero-order valence-electron chi connectivity index (χ0n) is 21.4. The molecule has 192 valence electrons. The third-order valence-electron chi connectivity index (χ3n) is 7.65. The Kier molecular flexibility index (Phi) is 7.68. The first-order valence-electron chi connectivity index (χ1n) is 13.2. The van der Waals surface area contributed by atoms with Crippen LogP contribution < -0.4 is 5.32 Å². The van der Waals surface area contributed by atoms with Gasteiger partial charge < -0.3 is 14.6 Å². The lowest BCUT2D eigenvalue weighted by atomic mass is 9.71. The van der Waals surface area contributed by atoms with Gasteiger partial charge in [-0.05, 0) is 74.6 Å². The normalized spacial score (nSPS) is 22.9. The first kappa shape index (κ1) is 25.2. The number of halogens is 1. The Morgan fingerprint density at radius 1 is 1.16 bits per heavy atom. The Bertz CT molecular complexity index is 1240. The maximum atomic E-state index is 13.3. The highest BCUT2D eigenvalue weighted by atomic mass is 19.1. The van der Waals surface area contributed by atoms with Gasteiger partial charge in [0.15, 0.2) is 0 Å². The molecule has 2 aromatic heterocycles. The molecule has 1 aromatic carbocycles. The number of hydrogen-bond donors (Lipinski definition) is 1. The highest BCUT2D eigenvalue weighted by molar-refractivity contribution is 5.76. The standard InChI is InChI=1S/C30H34FN5O/c1-2-3-28(23-12-15-36(21-23)26-7-4-24(31)5-8-26)34-25-6-9-29(33-20-25)30(22-32)13-10-27(11-14-30)35-16-18-37-19-17-35/h3-9,12,15,20-21,27,34H,2,10-11,13-14,16-19H2,1H3/b28-3+. The van der Waals surface area contributed by atoms with Crippen LogP contribution in [0, 0.1) is 17.1 Å². The third-order valence-corrected chi connectivity index (χ3v) is 7.65. The fraction of sp³-hybridized carbons (Fsp3) is 0.400. The number of morpholine rings is 1. The molecule has 2 aliphatic rings. The van der Waals surface area contributed by atoms with Crippen molar-refractivity contribution >= 4 is 11.4 Å². The number of anilines is 1. The molecule has 1 aliphatic heterocycles. The lowest BCUT2D eigenvalue weighted by Crippen LogP contribution is -2.47. The number of nitrogens with zero attached hydrogens (tertiary/aromatic N) is 4. The van der Waals surface area contributed by atoms with Crippen molar-refractivity contribution in [2.45, 2.75) is 50.5 Å². The minimum absolute atomic E-state index is 0.247. The maximum absolute atomic E-state index is 13.3. The molecule has 0 atom stereocenters. The molecule has 0 radical (unpaired) electrons. The monoisotopic (exact) mass is 499 g/mol. The van der Waals surface area contributed by atoms with Crippen LogP contribution in [0.25, 0.3) is 11.4 Å². The number of benzene rings is 1. The summed E-state index contributed by atoms with van der Waals surface area (Å²) in [5, 5.41) is 13.7. The summed E-state index contributed by atoms with van der Waals surface area (Å²) in [5.74, 6) is -0.247. The van der Waals surface area contributed by atoms with Crippen molar-refractivity contribution in [3.63, 3.8) is 0 Å². The van der Waals surface area contributed by atoms with Gasteiger partial charge in [0.25, 0.3) is 0 Å². The van der Waals surface area contributed by atoms with Gasteiger partial charge in [0.1, 0.15) is 5.82 Å². The molecule has 0 spiro atoms. The Labute approximate surface area is 218 Å². The van der Waals surface area contributed by atoms with Crippen molar-refractivity contribution in [3.8, 4) is 11.8 Å². The van der Waals surface area contributed by atoms with Gasteiger partial charge in [-0.2, -0.15) is 5.26 Å². The van der Waals surface area contributed by atoms with Crippen LogP contribution in [-0.4, -0.2) is 46.8 Å². The fourth-order valence-electron chi connectivity index (χ4n) is 5.51. The largest absolute Gasteiger partial charge is 0.379 e. The number of aromatic nitrogens is 2. The SMILES string of the molecule is CC/C=C(/Nc1ccc(C2(C#N)CCC(N3CCOCC3)CC2)nc1)c1ccn(-c2ccc(F)cc2)c1. The average molecular weight is 500 g/mol. The predicted octanol–water partition coefficient (Wildman–Crippen LogP) is 5.91. The smallest absolute Gasteiger partial charge is 0.123 e. The molecule has 0 bridgehead atoms. The first-order chi connectivity index (χ1) is 18.1. The van der Waals surface area contributed by atoms with Gasteiger partial charge in [0, 0.05) is 48.5 Å². The van der Waals surface area contributed by atoms with E-state index in [1.165, 1.54) is 12.1 Å². The molecule has 1 aliphatic carbocycles. The van der Waals surface area contributed by atoms with Gasteiger partial charge in [-0.25, -0.2) is 4.39 Å². The molecular formula is C30H34FN5O. The molecule has 3 aromatic rings. The molecule has 1 saturated carbocycles. The van der Waals surface area contributed by atoms with Crippen molar-refractivity contribution in [2.24, 2.45) is 0 Å². The summed E-state index contributed by atoms with van der Waals surface area (Å²) in [7, 11) is 0. The lowest BCUT2D eigenvalue weighted by Gasteiger charge is -2.41. The number of nitriles is 1. The predicted molar refractivity (Wildman–Crippen MR) is 144 cm³/mol. The van der Waals surface area contributed by atoms with E-state index >= 15 is 0 Å². The van der Waals surface area contributed by atoms with E-state index in [9.17, 15) is 9.65 Å². The van der Waals surface area contributed by atoms with Gasteiger partial charge in [-0.15, -0.1) is 0 Å². The second-order valence-electron chi connectivity index (χ2n) is 9.94. The van der Waals surface area contributed by atoms with Gasteiger partial charge in [-0.1, -0.05) is 13.0 Å². The molecule has 3 heterocycles. The van der Waals surface area contributed by atoms with Crippen molar-refractivity contribution < 1.29 is 9.13 Å². The molecule has 6 nitrogen and oxygen atoms in total. The lowest BCUT2D eigenvalue weighted by molar-refractivity contribution is 0.00493. The van der Waals surface area contributed by atoms with Crippen LogP contribution in [0.2, 0.25) is 0 Å².